The van der Waals surface area contributed by atoms with Gasteiger partial charge in [0.05, 0.1) is 18.9 Å². The first-order valence-electron chi connectivity index (χ1n) is 6.24. The van der Waals surface area contributed by atoms with E-state index in [1.165, 1.54) is 0 Å². The van der Waals surface area contributed by atoms with Crippen LogP contribution in [0.5, 0.6) is 0 Å². The van der Waals surface area contributed by atoms with Crippen molar-refractivity contribution < 1.29 is 9.52 Å². The Morgan fingerprint density at radius 2 is 2.06 bits per heavy atom. The summed E-state index contributed by atoms with van der Waals surface area (Å²) in [5.74, 6) is 0.956. The van der Waals surface area contributed by atoms with E-state index >= 15 is 0 Å². The summed E-state index contributed by atoms with van der Waals surface area (Å²) in [5.41, 5.74) is 1.36. The van der Waals surface area contributed by atoms with Gasteiger partial charge in [0.15, 0.2) is 0 Å². The summed E-state index contributed by atoms with van der Waals surface area (Å²) in [6, 6.07) is 2.20. The lowest BCUT2D eigenvalue weighted by Gasteiger charge is -2.27. The number of hydrogen-bond acceptors (Lipinski definition) is 3. The van der Waals surface area contributed by atoms with Crippen LogP contribution in [0.2, 0.25) is 0 Å². The number of hydrogen-bond donors (Lipinski definition) is 2. The van der Waals surface area contributed by atoms with E-state index < -0.39 is 0 Å². The molecule has 0 radical (unpaired) electrons. The minimum absolute atomic E-state index is 0.106. The molecule has 17 heavy (non-hydrogen) atoms. The molecule has 0 aliphatic heterocycles. The van der Waals surface area contributed by atoms with Crippen molar-refractivity contribution in [3.05, 3.63) is 23.7 Å². The lowest BCUT2D eigenvalue weighted by molar-refractivity contribution is 0.186. The van der Waals surface area contributed by atoms with Crippen LogP contribution in [0.25, 0.3) is 0 Å². The zero-order valence-electron chi connectivity index (χ0n) is 11.6. The molecule has 0 aliphatic carbocycles. The molecule has 0 aromatic carbocycles. The molecule has 1 heterocycles. The molecule has 3 heteroatoms. The summed E-state index contributed by atoms with van der Waals surface area (Å²) in [4.78, 5) is 0. The third kappa shape index (κ3) is 4.52. The number of rotatable bonds is 5. The van der Waals surface area contributed by atoms with E-state index in [-0.39, 0.29) is 24.1 Å². The number of furan rings is 1. The highest BCUT2D eigenvalue weighted by molar-refractivity contribution is 5.17. The van der Waals surface area contributed by atoms with Gasteiger partial charge in [0.2, 0.25) is 0 Å². The Kier molecular flexibility index (Phi) is 4.78. The molecule has 0 amide bonds. The Bertz CT molecular complexity index is 338. The van der Waals surface area contributed by atoms with Gasteiger partial charge in [0.1, 0.15) is 5.76 Å². The van der Waals surface area contributed by atoms with Crippen molar-refractivity contribution >= 4 is 0 Å². The second kappa shape index (κ2) is 5.69. The van der Waals surface area contributed by atoms with Crippen molar-refractivity contribution in [1.29, 1.82) is 0 Å². The minimum Gasteiger partial charge on any atom is -0.467 e. The molecule has 0 bridgehead atoms. The SMILES string of the molecule is Cc1ccoc1C(C)NC(CO)CC(C)(C)C. The average molecular weight is 239 g/mol. The Morgan fingerprint density at radius 1 is 1.41 bits per heavy atom. The third-order valence-corrected chi connectivity index (χ3v) is 2.86. The molecule has 0 spiro atoms. The molecule has 98 valence electrons. The predicted octanol–water partition coefficient (Wildman–Crippen LogP) is 3.04. The molecule has 0 saturated heterocycles. The van der Waals surface area contributed by atoms with E-state index in [0.29, 0.717) is 0 Å². The standard InChI is InChI=1S/C14H25NO2/c1-10-6-7-17-13(10)11(2)15-12(9-16)8-14(3,4)5/h6-7,11-12,15-16H,8-9H2,1-5H3. The van der Waals surface area contributed by atoms with Crippen LogP contribution in [-0.4, -0.2) is 17.8 Å². The Balaban J connectivity index is 2.60. The van der Waals surface area contributed by atoms with Gasteiger partial charge >= 0.3 is 0 Å². The highest BCUT2D eigenvalue weighted by atomic mass is 16.3. The average Bonchev–Trinajstić information content (AvgIpc) is 2.61. The molecular formula is C14H25NO2. The lowest BCUT2D eigenvalue weighted by Crippen LogP contribution is -2.37. The van der Waals surface area contributed by atoms with Crippen LogP contribution >= 0.6 is 0 Å². The molecule has 1 aromatic heterocycles. The van der Waals surface area contributed by atoms with E-state index in [4.69, 9.17) is 4.42 Å². The maximum atomic E-state index is 9.41. The van der Waals surface area contributed by atoms with Crippen LogP contribution in [0, 0.1) is 12.3 Å². The van der Waals surface area contributed by atoms with Crippen LogP contribution in [0.15, 0.2) is 16.7 Å². The molecule has 2 N–H and O–H groups in total. The summed E-state index contributed by atoms with van der Waals surface area (Å²) in [6.45, 7) is 10.8. The maximum Gasteiger partial charge on any atom is 0.123 e. The van der Waals surface area contributed by atoms with Gasteiger partial charge in [-0.3, -0.25) is 0 Å². The highest BCUT2D eigenvalue weighted by Crippen LogP contribution is 2.24. The number of aliphatic hydroxyl groups is 1. The van der Waals surface area contributed by atoms with Crippen molar-refractivity contribution in [2.45, 2.75) is 53.1 Å². The summed E-state index contributed by atoms with van der Waals surface area (Å²) in [5, 5.41) is 12.8. The summed E-state index contributed by atoms with van der Waals surface area (Å²) in [7, 11) is 0. The molecule has 0 saturated carbocycles. The van der Waals surface area contributed by atoms with E-state index in [0.717, 1.165) is 17.7 Å². The van der Waals surface area contributed by atoms with Crippen molar-refractivity contribution in [3.63, 3.8) is 0 Å². The van der Waals surface area contributed by atoms with Crippen LogP contribution in [0.4, 0.5) is 0 Å². The second-order valence-corrected chi connectivity index (χ2v) is 6.00. The van der Waals surface area contributed by atoms with E-state index in [1.807, 2.05) is 13.0 Å². The molecular weight excluding hydrogens is 214 g/mol. The van der Waals surface area contributed by atoms with Gasteiger partial charge in [0.25, 0.3) is 0 Å². The van der Waals surface area contributed by atoms with Crippen LogP contribution in [0.3, 0.4) is 0 Å². The minimum atomic E-state index is 0.106. The first-order chi connectivity index (χ1) is 7.83. The third-order valence-electron chi connectivity index (χ3n) is 2.86. The van der Waals surface area contributed by atoms with E-state index in [1.54, 1.807) is 6.26 Å². The van der Waals surface area contributed by atoms with Gasteiger partial charge < -0.3 is 14.8 Å². The van der Waals surface area contributed by atoms with Gasteiger partial charge in [-0.15, -0.1) is 0 Å². The molecule has 3 nitrogen and oxygen atoms in total. The first kappa shape index (κ1) is 14.3. The van der Waals surface area contributed by atoms with Crippen LogP contribution < -0.4 is 5.32 Å². The van der Waals surface area contributed by atoms with Crippen molar-refractivity contribution in [2.75, 3.05) is 6.61 Å². The molecule has 0 aliphatic rings. The van der Waals surface area contributed by atoms with Gasteiger partial charge in [-0.1, -0.05) is 20.8 Å². The van der Waals surface area contributed by atoms with Crippen molar-refractivity contribution in [2.24, 2.45) is 5.41 Å². The van der Waals surface area contributed by atoms with Crippen molar-refractivity contribution in [1.82, 2.24) is 5.32 Å². The maximum absolute atomic E-state index is 9.41. The molecule has 2 atom stereocenters. The van der Waals surface area contributed by atoms with Gasteiger partial charge in [0, 0.05) is 6.04 Å². The Hall–Kier alpha value is -0.800. The van der Waals surface area contributed by atoms with Crippen molar-refractivity contribution in [3.8, 4) is 0 Å². The topological polar surface area (TPSA) is 45.4 Å². The number of nitrogens with one attached hydrogen (secondary N) is 1. The molecule has 1 rings (SSSR count). The monoisotopic (exact) mass is 239 g/mol. The molecule has 2 unspecified atom stereocenters. The quantitative estimate of drug-likeness (QED) is 0.830. The summed E-state index contributed by atoms with van der Waals surface area (Å²) < 4.78 is 5.46. The lowest BCUT2D eigenvalue weighted by atomic mass is 9.88. The normalized spacial score (nSPS) is 15.9. The summed E-state index contributed by atoms with van der Waals surface area (Å²) >= 11 is 0. The fourth-order valence-electron chi connectivity index (χ4n) is 2.17. The number of aryl methyl sites for hydroxylation is 1. The zero-order valence-corrected chi connectivity index (χ0v) is 11.6. The fraction of sp³-hybridized carbons (Fsp3) is 0.714. The Labute approximate surface area is 104 Å². The first-order valence-corrected chi connectivity index (χ1v) is 6.24. The van der Waals surface area contributed by atoms with E-state index in [2.05, 4.69) is 33.0 Å². The van der Waals surface area contributed by atoms with E-state index in [9.17, 15) is 5.11 Å². The smallest absolute Gasteiger partial charge is 0.123 e. The second-order valence-electron chi connectivity index (χ2n) is 6.00. The highest BCUT2D eigenvalue weighted by Gasteiger charge is 2.21. The molecule has 1 aromatic rings. The predicted molar refractivity (Wildman–Crippen MR) is 69.9 cm³/mol. The Morgan fingerprint density at radius 3 is 2.47 bits per heavy atom. The van der Waals surface area contributed by atoms with Gasteiger partial charge in [-0.25, -0.2) is 0 Å². The van der Waals surface area contributed by atoms with Crippen LogP contribution in [0.1, 0.15) is 51.5 Å². The zero-order chi connectivity index (χ0) is 13.1. The number of aliphatic hydroxyl groups excluding tert-OH is 1. The summed E-state index contributed by atoms with van der Waals surface area (Å²) in [6.07, 6.45) is 2.65. The van der Waals surface area contributed by atoms with Gasteiger partial charge in [-0.2, -0.15) is 0 Å². The van der Waals surface area contributed by atoms with Gasteiger partial charge in [-0.05, 0) is 37.3 Å². The molecule has 0 fully saturated rings. The van der Waals surface area contributed by atoms with Crippen LogP contribution in [-0.2, 0) is 0 Å². The largest absolute Gasteiger partial charge is 0.467 e. The fourth-order valence-corrected chi connectivity index (χ4v) is 2.17.